The van der Waals surface area contributed by atoms with E-state index >= 15 is 0 Å². The molecule has 2 rings (SSSR count). The van der Waals surface area contributed by atoms with Crippen LogP contribution in [0.15, 0.2) is 24.3 Å². The molecule has 8 nitrogen and oxygen atoms in total. The van der Waals surface area contributed by atoms with Crippen molar-refractivity contribution in [2.24, 2.45) is 5.73 Å². The van der Waals surface area contributed by atoms with Gasteiger partial charge in [0.05, 0.1) is 19.3 Å². The summed E-state index contributed by atoms with van der Waals surface area (Å²) < 4.78 is 5.37. The zero-order valence-electron chi connectivity index (χ0n) is 13.9. The zero-order valence-corrected chi connectivity index (χ0v) is 13.9. The van der Waals surface area contributed by atoms with Crippen LogP contribution >= 0.6 is 0 Å². The zero-order chi connectivity index (χ0) is 17.4. The molecule has 0 radical (unpaired) electrons. The van der Waals surface area contributed by atoms with Crippen molar-refractivity contribution in [2.45, 2.75) is 25.9 Å². The van der Waals surface area contributed by atoms with Crippen molar-refractivity contribution < 1.29 is 14.3 Å². The molecule has 0 saturated carbocycles. The third kappa shape index (κ3) is 5.10. The lowest BCUT2D eigenvalue weighted by molar-refractivity contribution is -0.123. The highest BCUT2D eigenvalue weighted by atomic mass is 16.5. The highest BCUT2D eigenvalue weighted by Crippen LogP contribution is 2.21. The number of benzene rings is 1. The first kappa shape index (κ1) is 18.0. The van der Waals surface area contributed by atoms with Crippen LogP contribution in [0.3, 0.4) is 0 Å². The van der Waals surface area contributed by atoms with Gasteiger partial charge in [0.25, 0.3) is 5.91 Å². The fourth-order valence-corrected chi connectivity index (χ4v) is 2.39. The van der Waals surface area contributed by atoms with E-state index in [2.05, 4.69) is 21.1 Å². The van der Waals surface area contributed by atoms with Crippen LogP contribution in [-0.4, -0.2) is 44.3 Å². The molecule has 0 spiro atoms. The second-order valence-electron chi connectivity index (χ2n) is 5.54. The summed E-state index contributed by atoms with van der Waals surface area (Å²) in [5.41, 5.74) is 12.3. The summed E-state index contributed by atoms with van der Waals surface area (Å²) >= 11 is 0. The number of nitrogens with one attached hydrogen (secondary N) is 3. The van der Waals surface area contributed by atoms with E-state index < -0.39 is 18.0 Å². The molecule has 5 N–H and O–H groups in total. The summed E-state index contributed by atoms with van der Waals surface area (Å²) in [6.07, 6.45) is 0.502. The molecule has 132 valence electrons. The number of urea groups is 1. The third-order valence-electron chi connectivity index (χ3n) is 3.86. The Hall–Kier alpha value is -2.32. The van der Waals surface area contributed by atoms with Gasteiger partial charge in [0.1, 0.15) is 0 Å². The van der Waals surface area contributed by atoms with Gasteiger partial charge in [-0.05, 0) is 18.1 Å². The first-order valence-corrected chi connectivity index (χ1v) is 8.11. The van der Waals surface area contributed by atoms with Gasteiger partial charge in [-0.15, -0.1) is 0 Å². The average Bonchev–Trinajstić information content (AvgIpc) is 2.64. The number of nitrogens with zero attached hydrogens (tertiary/aromatic N) is 1. The summed E-state index contributed by atoms with van der Waals surface area (Å²) in [4.78, 5) is 25.6. The number of ether oxygens (including phenoxy) is 1. The van der Waals surface area contributed by atoms with Gasteiger partial charge in [-0.25, -0.2) is 10.2 Å². The minimum absolute atomic E-state index is 0.356. The molecule has 0 aliphatic carbocycles. The quantitative estimate of drug-likeness (QED) is 0.570. The van der Waals surface area contributed by atoms with Gasteiger partial charge in [0, 0.05) is 25.3 Å². The van der Waals surface area contributed by atoms with Crippen LogP contribution in [0.2, 0.25) is 0 Å². The monoisotopic (exact) mass is 335 g/mol. The van der Waals surface area contributed by atoms with Crippen LogP contribution in [0.4, 0.5) is 10.5 Å². The molecular formula is C16H25N5O3. The average molecular weight is 335 g/mol. The van der Waals surface area contributed by atoms with Crippen molar-refractivity contribution in [1.82, 2.24) is 16.2 Å². The van der Waals surface area contributed by atoms with Gasteiger partial charge in [-0.2, -0.15) is 0 Å². The number of carbonyl (C=O) groups is 2. The molecule has 1 aromatic rings. The van der Waals surface area contributed by atoms with Crippen molar-refractivity contribution in [1.29, 1.82) is 0 Å². The summed E-state index contributed by atoms with van der Waals surface area (Å²) in [5.74, 6) is -0.415. The molecule has 1 heterocycles. The van der Waals surface area contributed by atoms with Crippen molar-refractivity contribution in [2.75, 3.05) is 31.2 Å². The second-order valence-corrected chi connectivity index (χ2v) is 5.54. The number of carbonyl (C=O) groups excluding carboxylic acids is 2. The molecule has 0 aromatic heterocycles. The lowest BCUT2D eigenvalue weighted by Crippen LogP contribution is -2.51. The first-order valence-electron chi connectivity index (χ1n) is 8.11. The molecule has 1 aromatic carbocycles. The Morgan fingerprint density at radius 3 is 2.67 bits per heavy atom. The Balaban J connectivity index is 1.85. The molecular weight excluding hydrogens is 310 g/mol. The van der Waals surface area contributed by atoms with Gasteiger partial charge < -0.3 is 20.7 Å². The predicted molar refractivity (Wildman–Crippen MR) is 91.3 cm³/mol. The molecule has 24 heavy (non-hydrogen) atoms. The number of para-hydroxylation sites is 1. The van der Waals surface area contributed by atoms with Gasteiger partial charge in [-0.1, -0.05) is 25.1 Å². The molecule has 8 heteroatoms. The summed E-state index contributed by atoms with van der Waals surface area (Å²) in [5, 5.41) is 2.73. The number of morpholine rings is 1. The Bertz CT molecular complexity index is 560. The Morgan fingerprint density at radius 1 is 1.25 bits per heavy atom. The number of anilines is 1. The van der Waals surface area contributed by atoms with Gasteiger partial charge in [0.15, 0.2) is 0 Å². The van der Waals surface area contributed by atoms with E-state index in [1.54, 1.807) is 6.92 Å². The van der Waals surface area contributed by atoms with E-state index in [-0.39, 0.29) is 0 Å². The summed E-state index contributed by atoms with van der Waals surface area (Å²) in [6, 6.07) is 6.79. The SMILES string of the molecule is CC[C@@H](N)C(=O)NNC(=O)NCc1ccccc1N1CCOCC1. The van der Waals surface area contributed by atoms with Gasteiger partial charge in [0.2, 0.25) is 0 Å². The molecule has 0 bridgehead atoms. The minimum atomic E-state index is -0.632. The van der Waals surface area contributed by atoms with Crippen molar-refractivity contribution in [3.8, 4) is 0 Å². The predicted octanol–water partition coefficient (Wildman–Crippen LogP) is 0.0909. The summed E-state index contributed by atoms with van der Waals surface area (Å²) in [7, 11) is 0. The van der Waals surface area contributed by atoms with E-state index in [9.17, 15) is 9.59 Å². The molecule has 1 atom stereocenters. The van der Waals surface area contributed by atoms with Crippen LogP contribution in [0, 0.1) is 0 Å². The van der Waals surface area contributed by atoms with Crippen LogP contribution in [0.25, 0.3) is 0 Å². The normalized spacial score (nSPS) is 15.5. The molecule has 1 aliphatic heterocycles. The fraction of sp³-hybridized carbons (Fsp3) is 0.500. The Kier molecular flexibility index (Phi) is 6.83. The summed E-state index contributed by atoms with van der Waals surface area (Å²) in [6.45, 7) is 5.21. The third-order valence-corrected chi connectivity index (χ3v) is 3.86. The van der Waals surface area contributed by atoms with E-state index in [0.29, 0.717) is 26.2 Å². The molecule has 3 amide bonds. The topological polar surface area (TPSA) is 109 Å². The largest absolute Gasteiger partial charge is 0.378 e. The molecule has 1 fully saturated rings. The number of hydrogen-bond acceptors (Lipinski definition) is 5. The maximum Gasteiger partial charge on any atom is 0.333 e. The number of hydrogen-bond donors (Lipinski definition) is 4. The smallest absolute Gasteiger partial charge is 0.333 e. The van der Waals surface area contributed by atoms with Crippen LogP contribution in [0.5, 0.6) is 0 Å². The fourth-order valence-electron chi connectivity index (χ4n) is 2.39. The van der Waals surface area contributed by atoms with Gasteiger partial charge in [-0.3, -0.25) is 10.2 Å². The lowest BCUT2D eigenvalue weighted by atomic mass is 10.1. The maximum absolute atomic E-state index is 11.8. The van der Waals surface area contributed by atoms with Crippen molar-refractivity contribution in [3.05, 3.63) is 29.8 Å². The molecule has 1 saturated heterocycles. The second kappa shape index (κ2) is 9.09. The van der Waals surface area contributed by atoms with Gasteiger partial charge >= 0.3 is 6.03 Å². The standard InChI is InChI=1S/C16H25N5O3/c1-2-13(17)15(22)19-20-16(23)18-11-12-5-3-4-6-14(12)21-7-9-24-10-8-21/h3-6,13H,2,7-11,17H2,1H3,(H,19,22)(H2,18,20,23)/t13-/m1/s1. The van der Waals surface area contributed by atoms with Crippen LogP contribution < -0.4 is 26.8 Å². The van der Waals surface area contributed by atoms with Crippen LogP contribution in [-0.2, 0) is 16.1 Å². The Labute approximate surface area is 141 Å². The number of rotatable bonds is 5. The number of nitrogens with two attached hydrogens (primary N) is 1. The lowest BCUT2D eigenvalue weighted by Gasteiger charge is -2.30. The van der Waals surface area contributed by atoms with E-state index in [0.717, 1.165) is 24.3 Å². The highest BCUT2D eigenvalue weighted by Gasteiger charge is 2.15. The van der Waals surface area contributed by atoms with Crippen LogP contribution in [0.1, 0.15) is 18.9 Å². The number of hydrazine groups is 1. The van der Waals surface area contributed by atoms with Crippen molar-refractivity contribution in [3.63, 3.8) is 0 Å². The van der Waals surface area contributed by atoms with E-state index in [4.69, 9.17) is 10.5 Å². The Morgan fingerprint density at radius 2 is 1.96 bits per heavy atom. The van der Waals surface area contributed by atoms with Crippen molar-refractivity contribution >= 4 is 17.6 Å². The van der Waals surface area contributed by atoms with E-state index in [1.165, 1.54) is 0 Å². The minimum Gasteiger partial charge on any atom is -0.378 e. The molecule has 1 aliphatic rings. The number of amides is 3. The molecule has 0 unspecified atom stereocenters. The first-order chi connectivity index (χ1) is 11.6. The van der Waals surface area contributed by atoms with E-state index in [1.807, 2.05) is 24.3 Å². The maximum atomic E-state index is 11.8. The highest BCUT2D eigenvalue weighted by molar-refractivity contribution is 5.84.